The molecule has 0 saturated carbocycles. The molecule has 1 aliphatic rings. The highest BCUT2D eigenvalue weighted by Crippen LogP contribution is 2.18. The van der Waals surface area contributed by atoms with Crippen LogP contribution in [0.1, 0.15) is 39.5 Å². The minimum atomic E-state index is -3.36. The SMILES string of the molecule is C#CCC(CC)NS(=O)(=O)N1CCCC(C)C1. The van der Waals surface area contributed by atoms with Gasteiger partial charge >= 0.3 is 0 Å². The number of rotatable bonds is 5. The van der Waals surface area contributed by atoms with E-state index in [-0.39, 0.29) is 6.04 Å². The van der Waals surface area contributed by atoms with Gasteiger partial charge in [-0.1, -0.05) is 13.8 Å². The van der Waals surface area contributed by atoms with Gasteiger partial charge in [0.05, 0.1) is 0 Å². The Balaban J connectivity index is 2.64. The highest BCUT2D eigenvalue weighted by molar-refractivity contribution is 7.87. The van der Waals surface area contributed by atoms with Crippen molar-refractivity contribution < 1.29 is 8.42 Å². The molecule has 0 spiro atoms. The Hall–Kier alpha value is -0.570. The van der Waals surface area contributed by atoms with Crippen LogP contribution in [0, 0.1) is 18.3 Å². The van der Waals surface area contributed by atoms with E-state index in [1.54, 1.807) is 4.31 Å². The molecular formula is C12H22N2O2S. The predicted octanol–water partition coefficient (Wildman–Crippen LogP) is 1.35. The molecule has 1 saturated heterocycles. The van der Waals surface area contributed by atoms with Crippen LogP contribution in [-0.4, -0.2) is 31.9 Å². The molecule has 0 aromatic heterocycles. The molecule has 0 amide bonds. The van der Waals surface area contributed by atoms with Crippen molar-refractivity contribution in [2.24, 2.45) is 5.92 Å². The molecule has 1 N–H and O–H groups in total. The lowest BCUT2D eigenvalue weighted by atomic mass is 10.0. The molecule has 0 bridgehead atoms. The predicted molar refractivity (Wildman–Crippen MR) is 69.6 cm³/mol. The Morgan fingerprint density at radius 1 is 1.59 bits per heavy atom. The van der Waals surface area contributed by atoms with Gasteiger partial charge in [0.1, 0.15) is 0 Å². The number of nitrogens with one attached hydrogen (secondary N) is 1. The Labute approximate surface area is 105 Å². The lowest BCUT2D eigenvalue weighted by molar-refractivity contribution is 0.276. The molecule has 17 heavy (non-hydrogen) atoms. The second kappa shape index (κ2) is 6.39. The largest absolute Gasteiger partial charge is 0.279 e. The van der Waals surface area contributed by atoms with E-state index >= 15 is 0 Å². The summed E-state index contributed by atoms with van der Waals surface area (Å²) in [6, 6.07) is -0.151. The smallest absolute Gasteiger partial charge is 0.198 e. The van der Waals surface area contributed by atoms with Crippen molar-refractivity contribution in [1.29, 1.82) is 0 Å². The maximum Gasteiger partial charge on any atom is 0.279 e. The van der Waals surface area contributed by atoms with Gasteiger partial charge in [-0.15, -0.1) is 12.3 Å². The summed E-state index contributed by atoms with van der Waals surface area (Å²) in [5.74, 6) is 2.95. The van der Waals surface area contributed by atoms with E-state index in [0.717, 1.165) is 12.8 Å². The molecule has 0 aromatic rings. The van der Waals surface area contributed by atoms with Gasteiger partial charge in [0.2, 0.25) is 0 Å². The number of piperidine rings is 1. The van der Waals surface area contributed by atoms with Crippen LogP contribution in [0.5, 0.6) is 0 Å². The fraction of sp³-hybridized carbons (Fsp3) is 0.833. The third kappa shape index (κ3) is 4.30. The van der Waals surface area contributed by atoms with E-state index in [1.165, 1.54) is 0 Å². The summed E-state index contributed by atoms with van der Waals surface area (Å²) in [5.41, 5.74) is 0. The molecule has 98 valence electrons. The van der Waals surface area contributed by atoms with Gasteiger partial charge in [-0.05, 0) is 25.2 Å². The quantitative estimate of drug-likeness (QED) is 0.757. The molecule has 4 nitrogen and oxygen atoms in total. The Morgan fingerprint density at radius 2 is 2.29 bits per heavy atom. The average molecular weight is 258 g/mol. The fourth-order valence-corrected chi connectivity index (χ4v) is 3.70. The lowest BCUT2D eigenvalue weighted by Crippen LogP contribution is -2.48. The monoisotopic (exact) mass is 258 g/mol. The zero-order valence-electron chi connectivity index (χ0n) is 10.6. The van der Waals surface area contributed by atoms with Crippen molar-refractivity contribution in [3.8, 4) is 12.3 Å². The van der Waals surface area contributed by atoms with Crippen LogP contribution in [0.4, 0.5) is 0 Å². The topological polar surface area (TPSA) is 49.4 Å². The van der Waals surface area contributed by atoms with Crippen LogP contribution in [0.3, 0.4) is 0 Å². The highest BCUT2D eigenvalue weighted by Gasteiger charge is 2.28. The zero-order chi connectivity index (χ0) is 12.9. The molecule has 1 heterocycles. The van der Waals surface area contributed by atoms with Crippen molar-refractivity contribution in [2.75, 3.05) is 13.1 Å². The van der Waals surface area contributed by atoms with Gasteiger partial charge in [-0.3, -0.25) is 0 Å². The minimum absolute atomic E-state index is 0.151. The van der Waals surface area contributed by atoms with Gasteiger partial charge < -0.3 is 0 Å². The first kappa shape index (κ1) is 14.5. The van der Waals surface area contributed by atoms with Gasteiger partial charge in [0.25, 0.3) is 10.2 Å². The number of terminal acetylenes is 1. The third-order valence-corrected chi connectivity index (χ3v) is 4.77. The lowest BCUT2D eigenvalue weighted by Gasteiger charge is -2.31. The van der Waals surface area contributed by atoms with E-state index in [0.29, 0.717) is 31.8 Å². The molecule has 0 aromatic carbocycles. The molecule has 2 unspecified atom stereocenters. The molecule has 5 heteroatoms. The van der Waals surface area contributed by atoms with E-state index in [2.05, 4.69) is 17.6 Å². The van der Waals surface area contributed by atoms with Crippen molar-refractivity contribution in [3.63, 3.8) is 0 Å². The number of hydrogen-bond donors (Lipinski definition) is 1. The second-order valence-electron chi connectivity index (χ2n) is 4.74. The molecule has 1 fully saturated rings. The normalized spacial score (nSPS) is 24.2. The van der Waals surface area contributed by atoms with E-state index in [9.17, 15) is 8.42 Å². The average Bonchev–Trinajstić information content (AvgIpc) is 2.28. The van der Waals surface area contributed by atoms with Crippen molar-refractivity contribution in [3.05, 3.63) is 0 Å². The summed E-state index contributed by atoms with van der Waals surface area (Å²) in [7, 11) is -3.36. The molecule has 1 rings (SSSR count). The van der Waals surface area contributed by atoms with Crippen molar-refractivity contribution in [2.45, 2.75) is 45.6 Å². The molecule has 1 aliphatic heterocycles. The molecule has 0 aliphatic carbocycles. The zero-order valence-corrected chi connectivity index (χ0v) is 11.5. The molecular weight excluding hydrogens is 236 g/mol. The minimum Gasteiger partial charge on any atom is -0.198 e. The first-order valence-corrected chi connectivity index (χ1v) is 7.64. The summed E-state index contributed by atoms with van der Waals surface area (Å²) in [5, 5.41) is 0. The maximum absolute atomic E-state index is 12.1. The standard InChI is InChI=1S/C12H22N2O2S/c1-4-7-12(5-2)13-17(15,16)14-9-6-8-11(3)10-14/h1,11-13H,5-10H2,2-3H3. The fourth-order valence-electron chi connectivity index (χ4n) is 2.06. The van der Waals surface area contributed by atoms with Crippen LogP contribution in [0.2, 0.25) is 0 Å². The third-order valence-electron chi connectivity index (χ3n) is 3.13. The Kier molecular flexibility index (Phi) is 5.44. The highest BCUT2D eigenvalue weighted by atomic mass is 32.2. The Bertz CT molecular complexity index is 372. The van der Waals surface area contributed by atoms with Crippen LogP contribution in [0.25, 0.3) is 0 Å². The van der Waals surface area contributed by atoms with Gasteiger partial charge in [-0.2, -0.15) is 17.4 Å². The molecule has 0 radical (unpaired) electrons. The van der Waals surface area contributed by atoms with Crippen LogP contribution in [0.15, 0.2) is 0 Å². The van der Waals surface area contributed by atoms with Crippen molar-refractivity contribution >= 4 is 10.2 Å². The van der Waals surface area contributed by atoms with Crippen LogP contribution < -0.4 is 4.72 Å². The van der Waals surface area contributed by atoms with E-state index in [4.69, 9.17) is 6.42 Å². The van der Waals surface area contributed by atoms with Crippen molar-refractivity contribution in [1.82, 2.24) is 9.03 Å². The first-order valence-electron chi connectivity index (χ1n) is 6.20. The number of nitrogens with zero attached hydrogens (tertiary/aromatic N) is 1. The summed E-state index contributed by atoms with van der Waals surface area (Å²) < 4.78 is 28.5. The number of hydrogen-bond acceptors (Lipinski definition) is 2. The summed E-state index contributed by atoms with van der Waals surface area (Å²) in [6.07, 6.45) is 8.43. The summed E-state index contributed by atoms with van der Waals surface area (Å²) in [4.78, 5) is 0. The summed E-state index contributed by atoms with van der Waals surface area (Å²) >= 11 is 0. The van der Waals surface area contributed by atoms with Crippen LogP contribution >= 0.6 is 0 Å². The first-order chi connectivity index (χ1) is 7.99. The Morgan fingerprint density at radius 3 is 2.82 bits per heavy atom. The van der Waals surface area contributed by atoms with Gasteiger partial charge in [0, 0.05) is 25.6 Å². The second-order valence-corrected chi connectivity index (χ2v) is 6.44. The molecule has 2 atom stereocenters. The van der Waals surface area contributed by atoms with E-state index in [1.807, 2.05) is 6.92 Å². The summed E-state index contributed by atoms with van der Waals surface area (Å²) in [6.45, 7) is 5.25. The van der Waals surface area contributed by atoms with E-state index < -0.39 is 10.2 Å². The van der Waals surface area contributed by atoms with Gasteiger partial charge in [-0.25, -0.2) is 0 Å². The van der Waals surface area contributed by atoms with Crippen LogP contribution in [-0.2, 0) is 10.2 Å². The maximum atomic E-state index is 12.1. The van der Waals surface area contributed by atoms with Gasteiger partial charge in [0.15, 0.2) is 0 Å².